The first kappa shape index (κ1) is 29.4. The van der Waals surface area contributed by atoms with Crippen LogP contribution in [0.1, 0.15) is 37.5 Å². The summed E-state index contributed by atoms with van der Waals surface area (Å²) < 4.78 is 47.6. The third kappa shape index (κ3) is 7.13. The van der Waals surface area contributed by atoms with Gasteiger partial charge in [0.1, 0.15) is 18.4 Å². The van der Waals surface area contributed by atoms with E-state index in [0.717, 1.165) is 16.0 Å². The van der Waals surface area contributed by atoms with E-state index >= 15 is 0 Å². The normalized spacial score (nSPS) is 13.6. The van der Waals surface area contributed by atoms with Gasteiger partial charge in [0.2, 0.25) is 11.7 Å². The zero-order valence-electron chi connectivity index (χ0n) is 22.7. The van der Waals surface area contributed by atoms with Crippen LogP contribution in [0.5, 0.6) is 5.75 Å². The molecule has 10 nitrogen and oxygen atoms in total. The lowest BCUT2D eigenvalue weighted by Gasteiger charge is -2.34. The fraction of sp³-hybridized carbons (Fsp3) is 0.393. The van der Waals surface area contributed by atoms with Crippen LogP contribution in [-0.4, -0.2) is 75.0 Å². The van der Waals surface area contributed by atoms with Gasteiger partial charge in [-0.25, -0.2) is 4.79 Å². The quantitative estimate of drug-likeness (QED) is 0.441. The maximum absolute atomic E-state index is 12.9. The van der Waals surface area contributed by atoms with Crippen LogP contribution in [0.15, 0.2) is 40.9 Å². The van der Waals surface area contributed by atoms with Gasteiger partial charge in [-0.2, -0.15) is 23.4 Å². The molecule has 1 aliphatic rings. The number of ether oxygens (including phenoxy) is 1. The van der Waals surface area contributed by atoms with Crippen LogP contribution in [0, 0.1) is 11.3 Å². The highest BCUT2D eigenvalue weighted by atomic mass is 19.4. The molecule has 1 aliphatic heterocycles. The minimum Gasteiger partial charge on any atom is -0.483 e. The first-order chi connectivity index (χ1) is 19.2. The Hall–Kier alpha value is -4.60. The summed E-state index contributed by atoms with van der Waals surface area (Å²) in [7, 11) is 0. The van der Waals surface area contributed by atoms with E-state index in [1.165, 1.54) is 18.2 Å². The maximum Gasteiger partial charge on any atom is 0.422 e. The average molecular weight is 572 g/mol. The molecule has 0 saturated heterocycles. The van der Waals surface area contributed by atoms with Crippen molar-refractivity contribution in [3.8, 4) is 34.7 Å². The fourth-order valence-corrected chi connectivity index (χ4v) is 4.43. The summed E-state index contributed by atoms with van der Waals surface area (Å²) in [6, 6.07) is 11.5. The molecule has 0 bridgehead atoms. The zero-order valence-corrected chi connectivity index (χ0v) is 22.7. The summed E-state index contributed by atoms with van der Waals surface area (Å²) in [5.41, 5.74) is 2.22. The molecule has 41 heavy (non-hydrogen) atoms. The second kappa shape index (κ2) is 11.5. The molecule has 1 N–H and O–H groups in total. The van der Waals surface area contributed by atoms with Crippen molar-refractivity contribution in [1.82, 2.24) is 19.9 Å². The number of carbonyl (C=O) groups excluding carboxylic acids is 1. The fourth-order valence-electron chi connectivity index (χ4n) is 4.43. The van der Waals surface area contributed by atoms with Crippen molar-refractivity contribution < 1.29 is 37.1 Å². The summed E-state index contributed by atoms with van der Waals surface area (Å²) in [4.78, 5) is 31.8. The minimum atomic E-state index is -4.54. The molecular formula is C28H28F3N5O5. The van der Waals surface area contributed by atoms with Crippen molar-refractivity contribution in [2.24, 2.45) is 0 Å². The molecule has 0 spiro atoms. The predicted octanol–water partition coefficient (Wildman–Crippen LogP) is 4.92. The van der Waals surface area contributed by atoms with Crippen molar-refractivity contribution >= 4 is 12.0 Å². The van der Waals surface area contributed by atoms with Gasteiger partial charge in [-0.3, -0.25) is 9.69 Å². The van der Waals surface area contributed by atoms with Gasteiger partial charge in [0.05, 0.1) is 5.56 Å². The van der Waals surface area contributed by atoms with Crippen LogP contribution < -0.4 is 4.74 Å². The molecule has 0 radical (unpaired) electrons. The molecule has 0 unspecified atom stereocenters. The van der Waals surface area contributed by atoms with Gasteiger partial charge >= 0.3 is 12.3 Å². The second-order valence-electron chi connectivity index (χ2n) is 10.6. The molecule has 2 aromatic carbocycles. The van der Waals surface area contributed by atoms with Gasteiger partial charge in [-0.15, -0.1) is 0 Å². The van der Waals surface area contributed by atoms with Gasteiger partial charge < -0.3 is 19.3 Å². The molecule has 0 saturated carbocycles. The van der Waals surface area contributed by atoms with Crippen LogP contribution in [0.3, 0.4) is 0 Å². The number of hydrogen-bond acceptors (Lipinski definition) is 7. The number of amides is 2. The number of rotatable bonds is 6. The van der Waals surface area contributed by atoms with Gasteiger partial charge in [-0.1, -0.05) is 17.3 Å². The van der Waals surface area contributed by atoms with E-state index < -0.39 is 24.4 Å². The van der Waals surface area contributed by atoms with Crippen LogP contribution in [0.4, 0.5) is 18.0 Å². The molecule has 3 aromatic rings. The first-order valence-electron chi connectivity index (χ1n) is 12.7. The number of benzene rings is 2. The van der Waals surface area contributed by atoms with Crippen molar-refractivity contribution in [2.45, 2.75) is 45.3 Å². The van der Waals surface area contributed by atoms with E-state index in [-0.39, 0.29) is 35.5 Å². The molecule has 2 amide bonds. The second-order valence-corrected chi connectivity index (χ2v) is 10.6. The van der Waals surface area contributed by atoms with Gasteiger partial charge in [0.25, 0.3) is 5.89 Å². The number of hydrogen-bond donors (Lipinski definition) is 1. The largest absolute Gasteiger partial charge is 0.483 e. The third-order valence-corrected chi connectivity index (χ3v) is 6.62. The number of nitriles is 1. The van der Waals surface area contributed by atoms with E-state index in [9.17, 15) is 33.1 Å². The number of halogens is 3. The summed E-state index contributed by atoms with van der Waals surface area (Å²) in [6.07, 6.45) is -4.54. The molecule has 2 heterocycles. The summed E-state index contributed by atoms with van der Waals surface area (Å²) >= 11 is 0. The SMILES string of the molecule is CC(C)(C)N(CC(=O)N1CCc2ccc(-c3noc(-c4ccc(OCC(F)(F)F)c(C#N)c4)n3)cc2CC1)C(=O)O. The molecule has 0 fully saturated rings. The van der Waals surface area contributed by atoms with Gasteiger partial charge in [-0.05, 0) is 69.0 Å². The number of carboxylic acid groups (broad SMARTS) is 1. The number of nitrogens with zero attached hydrogens (tertiary/aromatic N) is 5. The van der Waals surface area contributed by atoms with Crippen LogP contribution in [0.25, 0.3) is 22.8 Å². The standard InChI is InChI=1S/C28H28F3N5O5/c1-27(2,3)36(26(38)39)15-23(37)35-10-8-17-4-5-19(12-18(17)9-11-35)24-33-25(41-34-24)20-6-7-22(21(13-20)14-32)40-16-28(29,30)31/h4-7,12-13H,8-11,15-16H2,1-3H3,(H,38,39). The van der Waals surface area contributed by atoms with Crippen molar-refractivity contribution in [3.05, 3.63) is 53.1 Å². The van der Waals surface area contributed by atoms with Crippen LogP contribution >= 0.6 is 0 Å². The zero-order chi connectivity index (χ0) is 29.9. The summed E-state index contributed by atoms with van der Waals surface area (Å²) in [5, 5.41) is 22.9. The molecule has 4 rings (SSSR count). The number of alkyl halides is 3. The maximum atomic E-state index is 12.9. The molecular weight excluding hydrogens is 543 g/mol. The highest BCUT2D eigenvalue weighted by Gasteiger charge is 2.31. The average Bonchev–Trinajstić information content (AvgIpc) is 3.30. The summed E-state index contributed by atoms with van der Waals surface area (Å²) in [5.74, 6) is -0.115. The Morgan fingerprint density at radius 1 is 1.10 bits per heavy atom. The van der Waals surface area contributed by atoms with Crippen LogP contribution in [0.2, 0.25) is 0 Å². The Bertz CT molecular complexity index is 1490. The van der Waals surface area contributed by atoms with E-state index in [1.807, 2.05) is 24.3 Å². The Balaban J connectivity index is 1.47. The number of carbonyl (C=O) groups is 2. The monoisotopic (exact) mass is 571 g/mol. The van der Waals surface area contributed by atoms with Crippen molar-refractivity contribution in [3.63, 3.8) is 0 Å². The van der Waals surface area contributed by atoms with Gasteiger partial charge in [0.15, 0.2) is 6.61 Å². The Morgan fingerprint density at radius 2 is 1.78 bits per heavy atom. The van der Waals surface area contributed by atoms with E-state index in [1.54, 1.807) is 25.7 Å². The van der Waals surface area contributed by atoms with Crippen molar-refractivity contribution in [1.29, 1.82) is 5.26 Å². The van der Waals surface area contributed by atoms with Crippen molar-refractivity contribution in [2.75, 3.05) is 26.2 Å². The first-order valence-corrected chi connectivity index (χ1v) is 12.7. The number of aromatic nitrogens is 2. The van der Waals surface area contributed by atoms with E-state index in [2.05, 4.69) is 10.1 Å². The predicted molar refractivity (Wildman–Crippen MR) is 140 cm³/mol. The van der Waals surface area contributed by atoms with E-state index in [4.69, 9.17) is 9.26 Å². The Kier molecular flexibility index (Phi) is 8.23. The smallest absolute Gasteiger partial charge is 0.422 e. The lowest BCUT2D eigenvalue weighted by molar-refractivity contribution is -0.153. The topological polar surface area (TPSA) is 133 Å². The molecule has 216 valence electrons. The minimum absolute atomic E-state index is 0.0763. The highest BCUT2D eigenvalue weighted by molar-refractivity contribution is 5.82. The molecule has 1 aromatic heterocycles. The number of fused-ring (bicyclic) bond motifs is 1. The molecule has 13 heteroatoms. The Labute approximate surface area is 233 Å². The third-order valence-electron chi connectivity index (χ3n) is 6.62. The lowest BCUT2D eigenvalue weighted by atomic mass is 10.00. The van der Waals surface area contributed by atoms with Crippen LogP contribution in [-0.2, 0) is 17.6 Å². The lowest BCUT2D eigenvalue weighted by Crippen LogP contribution is -2.51. The Morgan fingerprint density at radius 3 is 2.41 bits per heavy atom. The van der Waals surface area contributed by atoms with E-state index in [0.29, 0.717) is 37.1 Å². The highest BCUT2D eigenvalue weighted by Crippen LogP contribution is 2.29. The van der Waals surface area contributed by atoms with Gasteiger partial charge in [0, 0.05) is 29.8 Å². The molecule has 0 atom stereocenters. The summed E-state index contributed by atoms with van der Waals surface area (Å²) in [6.45, 7) is 4.35. The molecule has 0 aliphatic carbocycles.